The third kappa shape index (κ3) is 5.10. The molecule has 2 aromatic rings. The molecule has 1 amide bonds. The van der Waals surface area contributed by atoms with Gasteiger partial charge in [-0.2, -0.15) is 0 Å². The Bertz CT molecular complexity index is 1170. The van der Waals surface area contributed by atoms with Crippen molar-refractivity contribution in [1.82, 2.24) is 0 Å². The summed E-state index contributed by atoms with van der Waals surface area (Å²) in [5, 5.41) is 2.78. The van der Waals surface area contributed by atoms with E-state index in [1.165, 1.54) is 48.4 Å². The minimum atomic E-state index is -3.65. The average molecular weight is 495 g/mol. The normalized spacial score (nSPS) is 26.8. The minimum absolute atomic E-state index is 0.249. The third-order valence-electron chi connectivity index (χ3n) is 7.98. The zero-order chi connectivity index (χ0) is 24.6. The maximum Gasteiger partial charge on any atom is 0.245 e. The molecular formula is C28H34N2O4S. The van der Waals surface area contributed by atoms with E-state index in [-0.39, 0.29) is 12.0 Å². The van der Waals surface area contributed by atoms with Crippen LogP contribution in [0.5, 0.6) is 5.75 Å². The third-order valence-corrected chi connectivity index (χ3v) is 9.12. The number of hydrogen-bond acceptors (Lipinski definition) is 4. The molecule has 186 valence electrons. The molecule has 4 fully saturated rings. The van der Waals surface area contributed by atoms with Gasteiger partial charge in [0.15, 0.2) is 0 Å². The summed E-state index contributed by atoms with van der Waals surface area (Å²) < 4.78 is 31.9. The van der Waals surface area contributed by atoms with Crippen molar-refractivity contribution in [2.45, 2.75) is 43.9 Å². The molecular weight excluding hydrogens is 460 g/mol. The standard InChI is InChI=1S/C28H34N2O4S/c1-3-11-34-26-6-4-5-24(15-26)29-27(31)19-30(35(2,32)33)25-9-7-23(8-10-25)28-16-20-12-21(17-28)14-22(13-20)18-28/h3-10,15,20-22H,1,11-14,16-19H2,2H3,(H,29,31). The van der Waals surface area contributed by atoms with E-state index in [4.69, 9.17) is 4.74 Å². The number of sulfonamides is 1. The Labute approximate surface area is 208 Å². The van der Waals surface area contributed by atoms with Crippen molar-refractivity contribution in [3.63, 3.8) is 0 Å². The summed E-state index contributed by atoms with van der Waals surface area (Å²) in [4.78, 5) is 12.8. The molecule has 0 heterocycles. The quantitative estimate of drug-likeness (QED) is 0.491. The van der Waals surface area contributed by atoms with Crippen LogP contribution >= 0.6 is 0 Å². The fourth-order valence-electron chi connectivity index (χ4n) is 7.00. The summed E-state index contributed by atoms with van der Waals surface area (Å²) in [6.45, 7) is 3.69. The van der Waals surface area contributed by atoms with Crippen LogP contribution < -0.4 is 14.4 Å². The van der Waals surface area contributed by atoms with Gasteiger partial charge in [0.2, 0.25) is 15.9 Å². The molecule has 4 bridgehead atoms. The van der Waals surface area contributed by atoms with Crippen LogP contribution in [0.25, 0.3) is 0 Å². The first-order chi connectivity index (χ1) is 16.7. The number of amides is 1. The van der Waals surface area contributed by atoms with Crippen molar-refractivity contribution < 1.29 is 17.9 Å². The van der Waals surface area contributed by atoms with E-state index in [0.29, 0.717) is 23.7 Å². The molecule has 0 saturated heterocycles. The first-order valence-corrected chi connectivity index (χ1v) is 14.3. The Hall–Kier alpha value is -2.80. The molecule has 6 rings (SSSR count). The lowest BCUT2D eigenvalue weighted by molar-refractivity contribution is -0.114. The molecule has 4 aliphatic rings. The summed E-state index contributed by atoms with van der Waals surface area (Å²) in [6.07, 6.45) is 10.7. The lowest BCUT2D eigenvalue weighted by atomic mass is 9.48. The molecule has 0 unspecified atom stereocenters. The Morgan fingerprint density at radius 1 is 1.09 bits per heavy atom. The minimum Gasteiger partial charge on any atom is -0.489 e. The van der Waals surface area contributed by atoms with Crippen LogP contribution in [-0.4, -0.2) is 33.7 Å². The maximum atomic E-state index is 12.8. The Kier molecular flexibility index (Phi) is 6.38. The highest BCUT2D eigenvalue weighted by Crippen LogP contribution is 2.60. The Balaban J connectivity index is 1.30. The second kappa shape index (κ2) is 9.34. The number of carbonyl (C=O) groups is 1. The highest BCUT2D eigenvalue weighted by atomic mass is 32.2. The summed E-state index contributed by atoms with van der Waals surface area (Å²) >= 11 is 0. The molecule has 2 aromatic carbocycles. The van der Waals surface area contributed by atoms with Gasteiger partial charge in [0, 0.05) is 11.8 Å². The highest BCUT2D eigenvalue weighted by Gasteiger charge is 2.51. The van der Waals surface area contributed by atoms with Gasteiger partial charge in [0.05, 0.1) is 11.9 Å². The molecule has 0 spiro atoms. The van der Waals surface area contributed by atoms with Gasteiger partial charge >= 0.3 is 0 Å². The maximum absolute atomic E-state index is 12.8. The van der Waals surface area contributed by atoms with Gasteiger partial charge in [0.25, 0.3) is 0 Å². The Morgan fingerprint density at radius 3 is 2.29 bits per heavy atom. The molecule has 4 saturated carbocycles. The lowest BCUT2D eigenvalue weighted by Gasteiger charge is -2.57. The van der Waals surface area contributed by atoms with Crippen LogP contribution in [0.15, 0.2) is 61.2 Å². The SMILES string of the molecule is C=CCOc1cccc(NC(=O)CN(c2ccc(C34CC5CC(CC(C5)C3)C4)cc2)S(C)(=O)=O)c1. The molecule has 7 heteroatoms. The van der Waals surface area contributed by atoms with E-state index >= 15 is 0 Å². The number of nitrogens with zero attached hydrogens (tertiary/aromatic N) is 1. The molecule has 35 heavy (non-hydrogen) atoms. The van der Waals surface area contributed by atoms with E-state index in [9.17, 15) is 13.2 Å². The van der Waals surface area contributed by atoms with E-state index in [2.05, 4.69) is 24.0 Å². The van der Waals surface area contributed by atoms with Gasteiger partial charge < -0.3 is 10.1 Å². The zero-order valence-electron chi connectivity index (χ0n) is 20.3. The van der Waals surface area contributed by atoms with Gasteiger partial charge in [-0.3, -0.25) is 9.10 Å². The van der Waals surface area contributed by atoms with E-state index in [1.807, 2.05) is 12.1 Å². The van der Waals surface area contributed by atoms with Crippen molar-refractivity contribution >= 4 is 27.3 Å². The summed E-state index contributed by atoms with van der Waals surface area (Å²) in [6, 6.07) is 14.9. The molecule has 6 nitrogen and oxygen atoms in total. The van der Waals surface area contributed by atoms with Crippen LogP contribution in [0.1, 0.15) is 44.1 Å². The number of carbonyl (C=O) groups excluding carboxylic acids is 1. The Morgan fingerprint density at radius 2 is 1.71 bits per heavy atom. The van der Waals surface area contributed by atoms with Gasteiger partial charge in [-0.1, -0.05) is 30.9 Å². The largest absolute Gasteiger partial charge is 0.489 e. The molecule has 0 aromatic heterocycles. The topological polar surface area (TPSA) is 75.7 Å². The summed E-state index contributed by atoms with van der Waals surface area (Å²) in [5.41, 5.74) is 2.63. The predicted octanol–water partition coefficient (Wildman–Crippen LogP) is 5.12. The van der Waals surface area contributed by atoms with E-state index < -0.39 is 15.9 Å². The number of ether oxygens (including phenoxy) is 1. The smallest absolute Gasteiger partial charge is 0.245 e. The van der Waals surface area contributed by atoms with Crippen molar-refractivity contribution in [1.29, 1.82) is 0 Å². The van der Waals surface area contributed by atoms with Gasteiger partial charge in [-0.25, -0.2) is 8.42 Å². The van der Waals surface area contributed by atoms with Crippen LogP contribution in [0.3, 0.4) is 0 Å². The molecule has 1 N–H and O–H groups in total. The van der Waals surface area contributed by atoms with Crippen molar-refractivity contribution in [2.75, 3.05) is 29.0 Å². The number of hydrogen-bond donors (Lipinski definition) is 1. The first kappa shape index (κ1) is 23.9. The van der Waals surface area contributed by atoms with Crippen LogP contribution in [0, 0.1) is 17.8 Å². The fraction of sp³-hybridized carbons (Fsp3) is 0.464. The molecule has 4 aliphatic carbocycles. The van der Waals surface area contributed by atoms with Crippen molar-refractivity contribution in [2.24, 2.45) is 17.8 Å². The monoisotopic (exact) mass is 494 g/mol. The fourth-order valence-corrected chi connectivity index (χ4v) is 7.85. The number of rotatable bonds is 9. The average Bonchev–Trinajstić information content (AvgIpc) is 2.80. The van der Waals surface area contributed by atoms with Crippen molar-refractivity contribution in [3.8, 4) is 5.75 Å². The molecule has 0 radical (unpaired) electrons. The van der Waals surface area contributed by atoms with E-state index in [0.717, 1.165) is 24.0 Å². The summed E-state index contributed by atoms with van der Waals surface area (Å²) in [5.74, 6) is 2.72. The molecule has 0 atom stereocenters. The highest BCUT2D eigenvalue weighted by molar-refractivity contribution is 7.92. The van der Waals surface area contributed by atoms with Crippen LogP contribution in [-0.2, 0) is 20.2 Å². The van der Waals surface area contributed by atoms with Crippen molar-refractivity contribution in [3.05, 3.63) is 66.7 Å². The number of anilines is 2. The van der Waals surface area contributed by atoms with Crippen LogP contribution in [0.2, 0.25) is 0 Å². The number of nitrogens with one attached hydrogen (secondary N) is 1. The zero-order valence-corrected chi connectivity index (χ0v) is 21.1. The lowest BCUT2D eigenvalue weighted by Crippen LogP contribution is -2.48. The number of benzene rings is 2. The van der Waals surface area contributed by atoms with Gasteiger partial charge in [0.1, 0.15) is 18.9 Å². The van der Waals surface area contributed by atoms with Gasteiger partial charge in [-0.05, 0) is 91.5 Å². The second-order valence-electron chi connectivity index (χ2n) is 10.7. The summed E-state index contributed by atoms with van der Waals surface area (Å²) in [7, 11) is -3.65. The second-order valence-corrected chi connectivity index (χ2v) is 12.6. The predicted molar refractivity (Wildman–Crippen MR) is 139 cm³/mol. The molecule has 0 aliphatic heterocycles. The first-order valence-electron chi connectivity index (χ1n) is 12.5. The van der Waals surface area contributed by atoms with Gasteiger partial charge in [-0.15, -0.1) is 0 Å². The van der Waals surface area contributed by atoms with Crippen LogP contribution in [0.4, 0.5) is 11.4 Å². The van der Waals surface area contributed by atoms with E-state index in [1.54, 1.807) is 30.3 Å².